The summed E-state index contributed by atoms with van der Waals surface area (Å²) in [5, 5.41) is 0. The van der Waals surface area contributed by atoms with Gasteiger partial charge in [0, 0.05) is 37.0 Å². The minimum atomic E-state index is -2.39. The molecule has 0 saturated heterocycles. The molecule has 1 aliphatic rings. The van der Waals surface area contributed by atoms with Gasteiger partial charge in [0.15, 0.2) is 0 Å². The average Bonchev–Trinajstić information content (AvgIpc) is 3.51. The van der Waals surface area contributed by atoms with Gasteiger partial charge in [0.1, 0.15) is 5.75 Å². The van der Waals surface area contributed by atoms with Crippen LogP contribution in [-0.2, 0) is 14.0 Å². The Kier molecular flexibility index (Phi) is 12.6. The third kappa shape index (κ3) is 8.96. The van der Waals surface area contributed by atoms with E-state index in [2.05, 4.69) is 0 Å². The molecule has 1 saturated carbocycles. The topological polar surface area (TPSA) is 57.2 Å². The summed E-state index contributed by atoms with van der Waals surface area (Å²) in [7, 11) is 0. The molecule has 0 aromatic heterocycles. The summed E-state index contributed by atoms with van der Waals surface area (Å²) in [6, 6.07) is 5.58. The number of carbonyl (C=O) groups excluding carboxylic acids is 1. The third-order valence-electron chi connectivity index (χ3n) is 5.53. The van der Waals surface area contributed by atoms with Crippen LogP contribution in [0.15, 0.2) is 18.2 Å². The first-order valence-corrected chi connectivity index (χ1v) is 12.3. The molecule has 0 spiro atoms. The largest absolute Gasteiger partial charge is 1.00 e. The minimum Gasteiger partial charge on any atom is -0.539 e. The molecule has 0 bridgehead atoms. The van der Waals surface area contributed by atoms with E-state index in [0.717, 1.165) is 12.3 Å². The molecular weight excluding hydrogens is 412 g/mol. The Labute approximate surface area is 213 Å². The number of carbonyl (C=O) groups is 1. The van der Waals surface area contributed by atoms with Crippen molar-refractivity contribution >= 4 is 18.1 Å². The predicted octanol–water partition coefficient (Wildman–Crippen LogP) is 1.77. The van der Waals surface area contributed by atoms with Crippen molar-refractivity contribution in [3.8, 4) is 5.75 Å². The van der Waals surface area contributed by atoms with Gasteiger partial charge in [-0.05, 0) is 85.9 Å². The van der Waals surface area contributed by atoms with E-state index in [4.69, 9.17) is 18.7 Å². The molecule has 0 N–H and O–H groups in total. The first-order valence-electron chi connectivity index (χ1n) is 12.3. The quantitative estimate of drug-likeness (QED) is 0.401. The number of hydrogen-bond donors (Lipinski definition) is 0. The summed E-state index contributed by atoms with van der Waals surface area (Å²) in [5.74, 6) is 1.43. The Morgan fingerprint density at radius 2 is 1.48 bits per heavy atom. The van der Waals surface area contributed by atoms with Crippen molar-refractivity contribution in [2.45, 2.75) is 93.0 Å². The first kappa shape index (κ1) is 30.1. The van der Waals surface area contributed by atoms with Crippen molar-refractivity contribution in [3.05, 3.63) is 23.8 Å². The van der Waals surface area contributed by atoms with E-state index in [-0.39, 0.29) is 43.1 Å². The Balaban J connectivity index is 0.00000544. The standard InChI is InChI=1S/C25H43BNO5.Li/c1-9-27(10-2)25(28)23-14-13-22(29-16-15-21-11-12-21)17-24(23)26(30-18(3)4,31-19(5)6)32-20(7)8;/h13-14,17-21H,9-12,15-16H2,1-8H3;/q-1;+1. The van der Waals surface area contributed by atoms with E-state index in [9.17, 15) is 4.79 Å². The molecular formula is C25H43BLiNO5. The van der Waals surface area contributed by atoms with Gasteiger partial charge in [0.2, 0.25) is 0 Å². The van der Waals surface area contributed by atoms with E-state index in [1.165, 1.54) is 12.8 Å². The van der Waals surface area contributed by atoms with Gasteiger partial charge in [-0.2, -0.15) is 0 Å². The van der Waals surface area contributed by atoms with Crippen LogP contribution in [0.2, 0.25) is 0 Å². The van der Waals surface area contributed by atoms with E-state index in [1.807, 2.05) is 73.6 Å². The second kappa shape index (κ2) is 13.8. The Hall–Kier alpha value is -0.968. The molecule has 1 amide bonds. The molecule has 0 aliphatic heterocycles. The van der Waals surface area contributed by atoms with Gasteiger partial charge in [-0.15, -0.1) is 5.46 Å². The molecule has 1 fully saturated rings. The summed E-state index contributed by atoms with van der Waals surface area (Å²) in [6.45, 7) is 15.2. The van der Waals surface area contributed by atoms with Gasteiger partial charge in [-0.1, -0.05) is 12.8 Å². The summed E-state index contributed by atoms with van der Waals surface area (Å²) >= 11 is 0. The molecule has 33 heavy (non-hydrogen) atoms. The van der Waals surface area contributed by atoms with Crippen LogP contribution < -0.4 is 29.1 Å². The molecule has 8 heteroatoms. The van der Waals surface area contributed by atoms with Crippen molar-refractivity contribution < 1.29 is 42.4 Å². The normalized spacial score (nSPS) is 14.0. The van der Waals surface area contributed by atoms with Gasteiger partial charge >= 0.3 is 25.6 Å². The molecule has 0 radical (unpaired) electrons. The fraction of sp³-hybridized carbons (Fsp3) is 0.720. The maximum absolute atomic E-state index is 13.5. The van der Waals surface area contributed by atoms with Crippen LogP contribution in [0.3, 0.4) is 0 Å². The average molecular weight is 455 g/mol. The number of nitrogens with zero attached hydrogens (tertiary/aromatic N) is 1. The van der Waals surface area contributed by atoms with Crippen molar-refractivity contribution in [2.75, 3.05) is 19.7 Å². The fourth-order valence-electron chi connectivity index (χ4n) is 3.94. The molecule has 2 rings (SSSR count). The SMILES string of the molecule is CCN(CC)C(=O)c1ccc(OCCC2CC2)cc1[B-](OC(C)C)(OC(C)C)OC(C)C.[Li+]. The Morgan fingerprint density at radius 1 is 0.970 bits per heavy atom. The van der Waals surface area contributed by atoms with Gasteiger partial charge in [-0.3, -0.25) is 4.79 Å². The maximum Gasteiger partial charge on any atom is 1.00 e. The monoisotopic (exact) mass is 455 g/mol. The summed E-state index contributed by atoms with van der Waals surface area (Å²) < 4.78 is 25.2. The number of benzene rings is 1. The van der Waals surface area contributed by atoms with Crippen LogP contribution in [0.25, 0.3) is 0 Å². The summed E-state index contributed by atoms with van der Waals surface area (Å²) in [6.07, 6.45) is 3.16. The first-order chi connectivity index (χ1) is 15.1. The van der Waals surface area contributed by atoms with Crippen LogP contribution in [0.4, 0.5) is 0 Å². The molecule has 1 aliphatic carbocycles. The molecule has 182 valence electrons. The third-order valence-corrected chi connectivity index (χ3v) is 5.53. The molecule has 0 heterocycles. The summed E-state index contributed by atoms with van der Waals surface area (Å²) in [4.78, 5) is 15.3. The second-order valence-electron chi connectivity index (χ2n) is 9.50. The van der Waals surface area contributed by atoms with Gasteiger partial charge < -0.3 is 23.6 Å². The number of amides is 1. The number of hydrogen-bond acceptors (Lipinski definition) is 5. The van der Waals surface area contributed by atoms with Crippen LogP contribution in [-0.4, -0.2) is 55.6 Å². The molecule has 0 atom stereocenters. The zero-order valence-corrected chi connectivity index (χ0v) is 22.3. The zero-order valence-electron chi connectivity index (χ0n) is 22.3. The smallest absolute Gasteiger partial charge is 0.539 e. The second-order valence-corrected chi connectivity index (χ2v) is 9.50. The van der Waals surface area contributed by atoms with Gasteiger partial charge in [0.25, 0.3) is 5.91 Å². The van der Waals surface area contributed by atoms with Crippen molar-refractivity contribution in [3.63, 3.8) is 0 Å². The van der Waals surface area contributed by atoms with E-state index < -0.39 is 6.75 Å². The zero-order chi connectivity index (χ0) is 23.9. The molecule has 1 aromatic rings. The molecule has 1 aromatic carbocycles. The van der Waals surface area contributed by atoms with Gasteiger partial charge in [0.05, 0.1) is 6.61 Å². The van der Waals surface area contributed by atoms with Crippen molar-refractivity contribution in [1.29, 1.82) is 0 Å². The molecule has 0 unspecified atom stereocenters. The Bertz CT molecular complexity index is 709. The van der Waals surface area contributed by atoms with E-state index in [1.54, 1.807) is 4.90 Å². The number of rotatable bonds is 14. The van der Waals surface area contributed by atoms with Crippen LogP contribution in [0.5, 0.6) is 5.75 Å². The van der Waals surface area contributed by atoms with Crippen LogP contribution >= 0.6 is 0 Å². The van der Waals surface area contributed by atoms with Gasteiger partial charge in [-0.25, -0.2) is 0 Å². The Morgan fingerprint density at radius 3 is 1.91 bits per heavy atom. The van der Waals surface area contributed by atoms with Crippen molar-refractivity contribution in [2.24, 2.45) is 5.92 Å². The van der Waals surface area contributed by atoms with E-state index >= 15 is 0 Å². The maximum atomic E-state index is 13.5. The number of ether oxygens (including phenoxy) is 1. The predicted molar refractivity (Wildman–Crippen MR) is 131 cm³/mol. The summed E-state index contributed by atoms with van der Waals surface area (Å²) in [5.41, 5.74) is 1.15. The van der Waals surface area contributed by atoms with E-state index in [0.29, 0.717) is 36.5 Å². The van der Waals surface area contributed by atoms with Crippen molar-refractivity contribution in [1.82, 2.24) is 4.90 Å². The van der Waals surface area contributed by atoms with Crippen LogP contribution in [0.1, 0.15) is 85.0 Å². The fourth-order valence-corrected chi connectivity index (χ4v) is 3.94. The minimum absolute atomic E-state index is 0. The molecule has 6 nitrogen and oxygen atoms in total. The van der Waals surface area contributed by atoms with Crippen LogP contribution in [0, 0.1) is 5.92 Å².